The molecule has 0 spiro atoms. The van der Waals surface area contributed by atoms with Crippen LogP contribution in [0.15, 0.2) is 47.4 Å². The Labute approximate surface area is 175 Å². The number of nitrogens with zero attached hydrogens (tertiary/aromatic N) is 1. The number of hydrogen-bond donors (Lipinski definition) is 1. The molecule has 1 saturated heterocycles. The number of carbonyl (C=O) groups excluding carboxylic acids is 1. The molecule has 1 aliphatic heterocycles. The highest BCUT2D eigenvalue weighted by Crippen LogP contribution is 2.27. The van der Waals surface area contributed by atoms with Crippen LogP contribution in [0.25, 0.3) is 0 Å². The van der Waals surface area contributed by atoms with E-state index in [0.29, 0.717) is 29.9 Å². The van der Waals surface area contributed by atoms with Crippen LogP contribution in [0.5, 0.6) is 11.5 Å². The number of hydrogen-bond acceptors (Lipinski definition) is 5. The van der Waals surface area contributed by atoms with Crippen molar-refractivity contribution in [3.05, 3.63) is 53.8 Å². The average molecular weight is 437 g/mol. The fourth-order valence-electron chi connectivity index (χ4n) is 3.52. The number of piperidine rings is 1. The molecule has 1 heterocycles. The molecule has 1 atom stereocenters. The SMILES string of the molecule is COc1ccc(OC)c(CNC(=O)[C@@H]2CCCCN2S(=O)(=O)c2ccc(F)cc2)c1. The largest absolute Gasteiger partial charge is 0.497 e. The lowest BCUT2D eigenvalue weighted by atomic mass is 10.0. The Balaban J connectivity index is 1.78. The van der Waals surface area contributed by atoms with Crippen LogP contribution in [0.2, 0.25) is 0 Å². The summed E-state index contributed by atoms with van der Waals surface area (Å²) in [7, 11) is -0.839. The number of carbonyl (C=O) groups is 1. The molecule has 0 radical (unpaired) electrons. The molecule has 1 N–H and O–H groups in total. The van der Waals surface area contributed by atoms with Gasteiger partial charge in [0, 0.05) is 18.7 Å². The normalized spacial score (nSPS) is 17.4. The van der Waals surface area contributed by atoms with Crippen molar-refractivity contribution >= 4 is 15.9 Å². The monoisotopic (exact) mass is 436 g/mol. The maximum absolute atomic E-state index is 13.2. The van der Waals surface area contributed by atoms with E-state index in [0.717, 1.165) is 18.6 Å². The first-order valence-electron chi connectivity index (χ1n) is 9.63. The predicted octanol–water partition coefficient (Wildman–Crippen LogP) is 2.70. The van der Waals surface area contributed by atoms with E-state index in [1.54, 1.807) is 25.3 Å². The lowest BCUT2D eigenvalue weighted by Crippen LogP contribution is -2.51. The first-order chi connectivity index (χ1) is 14.4. The molecular weight excluding hydrogens is 411 g/mol. The Morgan fingerprint density at radius 3 is 2.53 bits per heavy atom. The van der Waals surface area contributed by atoms with Crippen LogP contribution in [0.1, 0.15) is 24.8 Å². The van der Waals surface area contributed by atoms with E-state index < -0.39 is 21.9 Å². The minimum absolute atomic E-state index is 0.0296. The number of sulfonamides is 1. The van der Waals surface area contributed by atoms with Crippen LogP contribution in [-0.4, -0.2) is 45.4 Å². The molecule has 0 bridgehead atoms. The molecule has 2 aromatic carbocycles. The summed E-state index contributed by atoms with van der Waals surface area (Å²) in [4.78, 5) is 12.9. The highest BCUT2D eigenvalue weighted by Gasteiger charge is 2.37. The zero-order valence-electron chi connectivity index (χ0n) is 16.9. The molecule has 1 amide bonds. The molecule has 0 unspecified atom stereocenters. The molecule has 3 rings (SSSR count). The van der Waals surface area contributed by atoms with Gasteiger partial charge in [-0.3, -0.25) is 4.79 Å². The Bertz CT molecular complexity index is 995. The molecule has 9 heteroatoms. The van der Waals surface area contributed by atoms with Crippen molar-refractivity contribution < 1.29 is 27.1 Å². The Morgan fingerprint density at radius 2 is 1.87 bits per heavy atom. The Kier molecular flexibility index (Phi) is 6.94. The van der Waals surface area contributed by atoms with Crippen molar-refractivity contribution in [2.24, 2.45) is 0 Å². The molecule has 1 fully saturated rings. The van der Waals surface area contributed by atoms with Gasteiger partial charge in [-0.15, -0.1) is 0 Å². The van der Waals surface area contributed by atoms with Gasteiger partial charge in [0.2, 0.25) is 15.9 Å². The van der Waals surface area contributed by atoms with Crippen LogP contribution in [0, 0.1) is 5.82 Å². The van der Waals surface area contributed by atoms with Crippen molar-refractivity contribution in [1.29, 1.82) is 0 Å². The van der Waals surface area contributed by atoms with E-state index in [1.165, 1.54) is 23.5 Å². The zero-order valence-corrected chi connectivity index (χ0v) is 17.7. The van der Waals surface area contributed by atoms with Gasteiger partial charge in [-0.05, 0) is 55.3 Å². The van der Waals surface area contributed by atoms with E-state index in [4.69, 9.17) is 9.47 Å². The summed E-state index contributed by atoms with van der Waals surface area (Å²) in [5, 5.41) is 2.82. The van der Waals surface area contributed by atoms with Gasteiger partial charge in [0.25, 0.3) is 0 Å². The van der Waals surface area contributed by atoms with Gasteiger partial charge in [-0.25, -0.2) is 12.8 Å². The number of methoxy groups -OCH3 is 2. The molecule has 0 aromatic heterocycles. The molecule has 1 aliphatic rings. The van der Waals surface area contributed by atoms with Gasteiger partial charge in [0.05, 0.1) is 19.1 Å². The maximum Gasteiger partial charge on any atom is 0.243 e. The number of nitrogens with one attached hydrogen (secondary N) is 1. The molecule has 0 saturated carbocycles. The minimum atomic E-state index is -3.92. The van der Waals surface area contributed by atoms with Gasteiger partial charge in [-0.1, -0.05) is 6.42 Å². The number of rotatable bonds is 7. The van der Waals surface area contributed by atoms with E-state index >= 15 is 0 Å². The van der Waals surface area contributed by atoms with Crippen molar-refractivity contribution in [3.8, 4) is 11.5 Å². The zero-order chi connectivity index (χ0) is 21.7. The number of ether oxygens (including phenoxy) is 2. The van der Waals surface area contributed by atoms with Crippen molar-refractivity contribution in [1.82, 2.24) is 9.62 Å². The predicted molar refractivity (Wildman–Crippen MR) is 109 cm³/mol. The summed E-state index contributed by atoms with van der Waals surface area (Å²) in [6.45, 7) is 0.403. The first-order valence-corrected chi connectivity index (χ1v) is 11.1. The minimum Gasteiger partial charge on any atom is -0.497 e. The number of halogens is 1. The van der Waals surface area contributed by atoms with E-state index in [1.807, 2.05) is 0 Å². The van der Waals surface area contributed by atoms with E-state index in [-0.39, 0.29) is 23.9 Å². The molecule has 7 nitrogen and oxygen atoms in total. The Morgan fingerprint density at radius 1 is 1.13 bits per heavy atom. The van der Waals surface area contributed by atoms with Crippen LogP contribution in [0.3, 0.4) is 0 Å². The average Bonchev–Trinajstić information content (AvgIpc) is 2.77. The van der Waals surface area contributed by atoms with Gasteiger partial charge < -0.3 is 14.8 Å². The van der Waals surface area contributed by atoms with Gasteiger partial charge >= 0.3 is 0 Å². The number of amides is 1. The highest BCUT2D eigenvalue weighted by atomic mass is 32.2. The van der Waals surface area contributed by atoms with Gasteiger partial charge in [-0.2, -0.15) is 4.31 Å². The van der Waals surface area contributed by atoms with Gasteiger partial charge in [0.1, 0.15) is 23.4 Å². The fourth-order valence-corrected chi connectivity index (χ4v) is 5.17. The Hall–Kier alpha value is -2.65. The van der Waals surface area contributed by atoms with Crippen molar-refractivity contribution in [2.75, 3.05) is 20.8 Å². The van der Waals surface area contributed by atoms with E-state index in [9.17, 15) is 17.6 Å². The van der Waals surface area contributed by atoms with Crippen LogP contribution in [-0.2, 0) is 21.4 Å². The van der Waals surface area contributed by atoms with Gasteiger partial charge in [0.15, 0.2) is 0 Å². The lowest BCUT2D eigenvalue weighted by molar-refractivity contribution is -0.125. The van der Waals surface area contributed by atoms with Crippen LogP contribution < -0.4 is 14.8 Å². The molecule has 30 heavy (non-hydrogen) atoms. The summed E-state index contributed by atoms with van der Waals surface area (Å²) in [5.41, 5.74) is 0.717. The summed E-state index contributed by atoms with van der Waals surface area (Å²) in [6.07, 6.45) is 1.82. The van der Waals surface area contributed by atoms with Crippen molar-refractivity contribution in [3.63, 3.8) is 0 Å². The topological polar surface area (TPSA) is 84.9 Å². The molecule has 0 aliphatic carbocycles. The third-order valence-corrected chi connectivity index (χ3v) is 7.04. The second-order valence-electron chi connectivity index (χ2n) is 6.98. The quantitative estimate of drug-likeness (QED) is 0.721. The third kappa shape index (κ3) is 4.73. The number of benzene rings is 2. The molecule has 2 aromatic rings. The second kappa shape index (κ2) is 9.44. The van der Waals surface area contributed by atoms with Crippen LogP contribution in [0.4, 0.5) is 4.39 Å². The van der Waals surface area contributed by atoms with Crippen LogP contribution >= 0.6 is 0 Å². The van der Waals surface area contributed by atoms with Crippen molar-refractivity contribution in [2.45, 2.75) is 36.7 Å². The molecular formula is C21H25FN2O5S. The summed E-state index contributed by atoms with van der Waals surface area (Å²) in [5.74, 6) is 0.313. The summed E-state index contributed by atoms with van der Waals surface area (Å²) < 4.78 is 51.1. The molecule has 162 valence electrons. The first kappa shape index (κ1) is 22.0. The summed E-state index contributed by atoms with van der Waals surface area (Å²) in [6, 6.07) is 9.05. The second-order valence-corrected chi connectivity index (χ2v) is 8.87. The standard InChI is InChI=1S/C21H25FN2O5S/c1-28-17-8-11-20(29-2)15(13-17)14-23-21(25)19-5-3-4-12-24(19)30(26,27)18-9-6-16(22)7-10-18/h6-11,13,19H,3-5,12,14H2,1-2H3,(H,23,25)/t19-/m0/s1. The maximum atomic E-state index is 13.2. The highest BCUT2D eigenvalue weighted by molar-refractivity contribution is 7.89. The lowest BCUT2D eigenvalue weighted by Gasteiger charge is -2.33. The third-order valence-electron chi connectivity index (χ3n) is 5.12. The van der Waals surface area contributed by atoms with E-state index in [2.05, 4.69) is 5.32 Å². The summed E-state index contributed by atoms with van der Waals surface area (Å²) >= 11 is 0. The smallest absolute Gasteiger partial charge is 0.243 e. The fraction of sp³-hybridized carbons (Fsp3) is 0.381.